The van der Waals surface area contributed by atoms with Gasteiger partial charge in [0.1, 0.15) is 0 Å². The van der Waals surface area contributed by atoms with Crippen LogP contribution in [0.4, 0.5) is 5.69 Å². The molecule has 130 valence electrons. The summed E-state index contributed by atoms with van der Waals surface area (Å²) >= 11 is 3.07. The molecule has 1 aromatic carbocycles. The number of aryl methyl sites for hydroxylation is 1. The lowest BCUT2D eigenvalue weighted by atomic mass is 10.3. The summed E-state index contributed by atoms with van der Waals surface area (Å²) in [6.45, 7) is 3.94. The number of para-hydroxylation sites is 1. The summed E-state index contributed by atoms with van der Waals surface area (Å²) in [5, 5.41) is 2.95. The molecule has 0 spiro atoms. The maximum absolute atomic E-state index is 12.2. The van der Waals surface area contributed by atoms with Crippen LogP contribution in [0, 0.1) is 6.92 Å². The normalized spacial score (nSPS) is 11.0. The van der Waals surface area contributed by atoms with E-state index in [4.69, 9.17) is 0 Å². The molecule has 0 radical (unpaired) electrons. The predicted octanol–water partition coefficient (Wildman–Crippen LogP) is 4.10. The maximum Gasteiger partial charge on any atom is 0.258 e. The summed E-state index contributed by atoms with van der Waals surface area (Å²) in [4.78, 5) is 31.3. The fraction of sp³-hybridized carbons (Fsp3) is 0.278. The molecule has 0 atom stereocenters. The molecule has 0 unspecified atom stereocenters. The molecule has 3 rings (SSSR count). The first-order valence-electron chi connectivity index (χ1n) is 8.07. The molecule has 0 aliphatic rings. The average molecular weight is 374 g/mol. The first-order valence-corrected chi connectivity index (χ1v) is 9.87. The number of nitrogens with one attached hydrogen (secondary N) is 1. The summed E-state index contributed by atoms with van der Waals surface area (Å²) in [6, 6.07) is 9.27. The third-order valence-electron chi connectivity index (χ3n) is 3.55. The number of thiazole rings is 1. The van der Waals surface area contributed by atoms with E-state index in [9.17, 15) is 9.59 Å². The molecular weight excluding hydrogens is 354 g/mol. The second-order valence-corrected chi connectivity index (χ2v) is 7.89. The Morgan fingerprint density at radius 1 is 1.36 bits per heavy atom. The van der Waals surface area contributed by atoms with Crippen LogP contribution in [-0.4, -0.2) is 15.3 Å². The van der Waals surface area contributed by atoms with E-state index in [1.165, 1.54) is 11.3 Å². The van der Waals surface area contributed by atoms with E-state index >= 15 is 0 Å². The fourth-order valence-corrected chi connectivity index (χ4v) is 4.17. The van der Waals surface area contributed by atoms with Crippen molar-refractivity contribution < 1.29 is 4.79 Å². The average Bonchev–Trinajstić information content (AvgIpc) is 2.95. The van der Waals surface area contributed by atoms with Crippen LogP contribution in [-0.2, 0) is 10.5 Å². The van der Waals surface area contributed by atoms with E-state index in [1.54, 1.807) is 22.2 Å². The molecule has 0 aliphatic carbocycles. The van der Waals surface area contributed by atoms with E-state index in [1.807, 2.05) is 44.3 Å². The molecule has 0 aliphatic heterocycles. The third-order valence-corrected chi connectivity index (χ3v) is 5.55. The van der Waals surface area contributed by atoms with Crippen molar-refractivity contribution in [1.82, 2.24) is 9.38 Å². The fourth-order valence-electron chi connectivity index (χ4n) is 2.42. The summed E-state index contributed by atoms with van der Waals surface area (Å²) in [6.07, 6.45) is 3.13. The monoisotopic (exact) mass is 373 g/mol. The summed E-state index contributed by atoms with van der Waals surface area (Å²) < 4.78 is 1.58. The lowest BCUT2D eigenvalue weighted by molar-refractivity contribution is -0.116. The van der Waals surface area contributed by atoms with Crippen LogP contribution in [0.2, 0.25) is 0 Å². The highest BCUT2D eigenvalue weighted by Gasteiger charge is 2.09. The van der Waals surface area contributed by atoms with Gasteiger partial charge >= 0.3 is 0 Å². The highest BCUT2D eigenvalue weighted by Crippen LogP contribution is 2.29. The minimum Gasteiger partial charge on any atom is -0.325 e. The van der Waals surface area contributed by atoms with Crippen molar-refractivity contribution >= 4 is 39.7 Å². The number of amides is 1. The van der Waals surface area contributed by atoms with Gasteiger partial charge in [0.2, 0.25) is 5.91 Å². The number of thioether (sulfide) groups is 1. The summed E-state index contributed by atoms with van der Waals surface area (Å²) in [7, 11) is 0. The second-order valence-electron chi connectivity index (χ2n) is 5.66. The topological polar surface area (TPSA) is 63.5 Å². The number of rotatable bonds is 6. The number of benzene rings is 1. The van der Waals surface area contributed by atoms with Gasteiger partial charge < -0.3 is 5.32 Å². The zero-order chi connectivity index (χ0) is 17.8. The Morgan fingerprint density at radius 2 is 2.16 bits per heavy atom. The van der Waals surface area contributed by atoms with Crippen molar-refractivity contribution in [2.75, 3.05) is 5.32 Å². The Labute approximate surface area is 154 Å². The Kier molecular flexibility index (Phi) is 5.55. The maximum atomic E-state index is 12.2. The van der Waals surface area contributed by atoms with Crippen molar-refractivity contribution in [3.8, 4) is 0 Å². The Hall–Kier alpha value is -2.12. The second kappa shape index (κ2) is 7.84. The molecule has 5 nitrogen and oxygen atoms in total. The van der Waals surface area contributed by atoms with Crippen LogP contribution in [0.5, 0.6) is 0 Å². The molecule has 1 amide bonds. The molecule has 2 heterocycles. The molecule has 2 aromatic heterocycles. The number of carbonyl (C=O) groups excluding carboxylic acids is 1. The number of aromatic nitrogens is 2. The van der Waals surface area contributed by atoms with Gasteiger partial charge in [-0.05, 0) is 25.5 Å². The standard InChI is InChI=1S/C18H19N3O2S2/c1-3-6-16(22)20-14-7-4-5-8-15(14)24-11-13-9-17(23)21-10-12(2)25-18(21)19-13/h4-5,7-10H,3,6,11H2,1-2H3,(H,20,22). The summed E-state index contributed by atoms with van der Waals surface area (Å²) in [5.41, 5.74) is 1.48. The van der Waals surface area contributed by atoms with Crippen LogP contribution in [0.3, 0.4) is 0 Å². The molecule has 0 fully saturated rings. The van der Waals surface area contributed by atoms with Gasteiger partial charge in [-0.15, -0.1) is 23.1 Å². The minimum atomic E-state index is -0.0607. The van der Waals surface area contributed by atoms with Gasteiger partial charge in [-0.2, -0.15) is 0 Å². The highest BCUT2D eigenvalue weighted by molar-refractivity contribution is 7.98. The van der Waals surface area contributed by atoms with Crippen LogP contribution in [0.15, 0.2) is 46.2 Å². The SMILES string of the molecule is CCCC(=O)Nc1ccccc1SCc1cc(=O)n2cc(C)sc2n1. The number of fused-ring (bicyclic) bond motifs is 1. The quantitative estimate of drug-likeness (QED) is 0.661. The van der Waals surface area contributed by atoms with Gasteiger partial charge in [0.25, 0.3) is 5.56 Å². The van der Waals surface area contributed by atoms with Crippen molar-refractivity contribution in [1.29, 1.82) is 0 Å². The zero-order valence-corrected chi connectivity index (χ0v) is 15.7. The van der Waals surface area contributed by atoms with Gasteiger partial charge in [-0.3, -0.25) is 14.0 Å². The predicted molar refractivity (Wildman–Crippen MR) is 104 cm³/mol. The lowest BCUT2D eigenvalue weighted by Gasteiger charge is -2.10. The van der Waals surface area contributed by atoms with Crippen molar-refractivity contribution in [2.24, 2.45) is 0 Å². The van der Waals surface area contributed by atoms with E-state index in [0.717, 1.165) is 27.6 Å². The number of hydrogen-bond donors (Lipinski definition) is 1. The number of carbonyl (C=O) groups is 1. The van der Waals surface area contributed by atoms with Gasteiger partial charge in [-0.25, -0.2) is 4.98 Å². The number of nitrogens with zero attached hydrogens (tertiary/aromatic N) is 2. The minimum absolute atomic E-state index is 0.0161. The Balaban J connectivity index is 1.78. The van der Waals surface area contributed by atoms with Crippen molar-refractivity contribution in [2.45, 2.75) is 37.3 Å². The van der Waals surface area contributed by atoms with E-state index in [0.29, 0.717) is 17.1 Å². The van der Waals surface area contributed by atoms with Crippen LogP contribution in [0.25, 0.3) is 4.96 Å². The highest BCUT2D eigenvalue weighted by atomic mass is 32.2. The lowest BCUT2D eigenvalue weighted by Crippen LogP contribution is -2.13. The third kappa shape index (κ3) is 4.29. The smallest absolute Gasteiger partial charge is 0.258 e. The largest absolute Gasteiger partial charge is 0.325 e. The molecule has 25 heavy (non-hydrogen) atoms. The van der Waals surface area contributed by atoms with Gasteiger partial charge in [0, 0.05) is 34.2 Å². The molecule has 0 saturated heterocycles. The Morgan fingerprint density at radius 3 is 2.96 bits per heavy atom. The van der Waals surface area contributed by atoms with E-state index < -0.39 is 0 Å². The first kappa shape index (κ1) is 17.7. The molecule has 0 saturated carbocycles. The zero-order valence-electron chi connectivity index (χ0n) is 14.1. The van der Waals surface area contributed by atoms with Crippen molar-refractivity contribution in [3.63, 3.8) is 0 Å². The first-order chi connectivity index (χ1) is 12.1. The van der Waals surface area contributed by atoms with Crippen LogP contribution >= 0.6 is 23.1 Å². The number of anilines is 1. The van der Waals surface area contributed by atoms with Gasteiger partial charge in [0.15, 0.2) is 4.96 Å². The van der Waals surface area contributed by atoms with Gasteiger partial charge in [0.05, 0.1) is 11.4 Å². The summed E-state index contributed by atoms with van der Waals surface area (Å²) in [5.74, 6) is 0.589. The van der Waals surface area contributed by atoms with E-state index in [-0.39, 0.29) is 11.5 Å². The number of hydrogen-bond acceptors (Lipinski definition) is 5. The molecular formula is C18H19N3O2S2. The molecule has 3 aromatic rings. The molecule has 0 bridgehead atoms. The van der Waals surface area contributed by atoms with E-state index in [2.05, 4.69) is 10.3 Å². The van der Waals surface area contributed by atoms with Crippen LogP contribution in [0.1, 0.15) is 30.3 Å². The molecule has 7 heteroatoms. The Bertz CT molecular complexity index is 962. The molecule has 1 N–H and O–H groups in total. The van der Waals surface area contributed by atoms with Gasteiger partial charge in [-0.1, -0.05) is 19.1 Å². The van der Waals surface area contributed by atoms with Crippen molar-refractivity contribution in [3.05, 3.63) is 57.5 Å². The van der Waals surface area contributed by atoms with Crippen LogP contribution < -0.4 is 10.9 Å².